The van der Waals surface area contributed by atoms with Crippen molar-refractivity contribution in [2.75, 3.05) is 5.32 Å². The van der Waals surface area contributed by atoms with Gasteiger partial charge < -0.3 is 11.1 Å². The molecule has 162 valence electrons. The number of hydrogen-bond acceptors (Lipinski definition) is 3. The van der Waals surface area contributed by atoms with Gasteiger partial charge in [-0.3, -0.25) is 9.59 Å². The van der Waals surface area contributed by atoms with Gasteiger partial charge in [0, 0.05) is 4.88 Å². The fourth-order valence-electron chi connectivity index (χ4n) is 3.64. The second-order valence-corrected chi connectivity index (χ2v) is 9.38. The predicted octanol–water partition coefficient (Wildman–Crippen LogP) is 4.95. The van der Waals surface area contributed by atoms with Crippen LogP contribution in [0, 0.1) is 40.4 Å². The summed E-state index contributed by atoms with van der Waals surface area (Å²) < 4.78 is 68.0. The van der Waals surface area contributed by atoms with E-state index in [1.807, 2.05) is 0 Å². The van der Waals surface area contributed by atoms with Crippen molar-refractivity contribution < 1.29 is 31.5 Å². The van der Waals surface area contributed by atoms with Crippen molar-refractivity contribution in [3.05, 3.63) is 50.7 Å². The fourth-order valence-corrected chi connectivity index (χ4v) is 4.97. The van der Waals surface area contributed by atoms with Crippen LogP contribution in [0.4, 0.5) is 27.0 Å². The number of hydrogen-bond donors (Lipinski definition) is 2. The van der Waals surface area contributed by atoms with Crippen LogP contribution in [0.15, 0.2) is 0 Å². The maximum Gasteiger partial charge on any atom is 0.262 e. The number of fused-ring (bicyclic) bond motifs is 1. The van der Waals surface area contributed by atoms with E-state index in [0.29, 0.717) is 24.3 Å². The Bertz CT molecular complexity index is 1030. The molecule has 4 nitrogen and oxygen atoms in total. The Morgan fingerprint density at radius 2 is 1.50 bits per heavy atom. The molecule has 0 bridgehead atoms. The van der Waals surface area contributed by atoms with Crippen molar-refractivity contribution >= 4 is 28.2 Å². The molecule has 1 atom stereocenters. The molecule has 3 rings (SSSR count). The minimum atomic E-state index is -2.36. The highest BCUT2D eigenvalue weighted by Crippen LogP contribution is 2.44. The van der Waals surface area contributed by atoms with Crippen LogP contribution in [0.5, 0.6) is 0 Å². The van der Waals surface area contributed by atoms with Crippen molar-refractivity contribution in [2.45, 2.75) is 40.0 Å². The van der Waals surface area contributed by atoms with E-state index in [9.17, 15) is 31.5 Å². The van der Waals surface area contributed by atoms with Crippen LogP contribution in [0.2, 0.25) is 0 Å². The van der Waals surface area contributed by atoms with Crippen LogP contribution in [-0.2, 0) is 12.8 Å². The maximum absolute atomic E-state index is 14.0. The minimum absolute atomic E-state index is 0.000388. The Hall–Kier alpha value is -2.49. The highest BCUT2D eigenvalue weighted by molar-refractivity contribution is 7.17. The molecule has 0 aliphatic heterocycles. The van der Waals surface area contributed by atoms with Gasteiger partial charge in [-0.15, -0.1) is 11.3 Å². The fraction of sp³-hybridized carbons (Fsp3) is 0.400. The van der Waals surface area contributed by atoms with Crippen LogP contribution >= 0.6 is 11.3 Å². The lowest BCUT2D eigenvalue weighted by molar-refractivity contribution is 0.1000. The highest BCUT2D eigenvalue weighted by atomic mass is 32.1. The van der Waals surface area contributed by atoms with Crippen LogP contribution < -0.4 is 11.1 Å². The third kappa shape index (κ3) is 3.68. The zero-order valence-electron chi connectivity index (χ0n) is 16.4. The average Bonchev–Trinajstić information content (AvgIpc) is 3.01. The van der Waals surface area contributed by atoms with E-state index in [-0.39, 0.29) is 16.0 Å². The Kier molecular flexibility index (Phi) is 5.66. The lowest BCUT2D eigenvalue weighted by atomic mass is 9.72. The van der Waals surface area contributed by atoms with Gasteiger partial charge >= 0.3 is 0 Å². The number of thiophene rings is 1. The van der Waals surface area contributed by atoms with Gasteiger partial charge in [-0.25, -0.2) is 22.0 Å². The molecule has 10 heteroatoms. The highest BCUT2D eigenvalue weighted by Gasteiger charge is 2.35. The lowest BCUT2D eigenvalue weighted by Gasteiger charge is -2.33. The molecule has 1 aliphatic carbocycles. The molecule has 0 radical (unpaired) electrons. The first-order valence-corrected chi connectivity index (χ1v) is 9.93. The van der Waals surface area contributed by atoms with Crippen molar-refractivity contribution in [3.63, 3.8) is 0 Å². The predicted molar refractivity (Wildman–Crippen MR) is 102 cm³/mol. The van der Waals surface area contributed by atoms with Gasteiger partial charge in [-0.1, -0.05) is 20.8 Å². The summed E-state index contributed by atoms with van der Waals surface area (Å²) in [5, 5.41) is 2.04. The Morgan fingerprint density at radius 1 is 0.967 bits per heavy atom. The largest absolute Gasteiger partial charge is 0.365 e. The van der Waals surface area contributed by atoms with E-state index in [0.717, 1.165) is 22.6 Å². The van der Waals surface area contributed by atoms with Gasteiger partial charge in [0.1, 0.15) is 10.6 Å². The summed E-state index contributed by atoms with van der Waals surface area (Å²) in [6, 6.07) is 0. The summed E-state index contributed by atoms with van der Waals surface area (Å²) in [6.07, 6.45) is 1.91. The molecule has 30 heavy (non-hydrogen) atoms. The van der Waals surface area contributed by atoms with E-state index in [1.54, 1.807) is 0 Å². The summed E-state index contributed by atoms with van der Waals surface area (Å²) in [5.41, 5.74) is 4.45. The van der Waals surface area contributed by atoms with Gasteiger partial charge in [0.25, 0.3) is 11.8 Å². The smallest absolute Gasteiger partial charge is 0.262 e. The molecule has 1 aromatic heterocycles. The summed E-state index contributed by atoms with van der Waals surface area (Å²) >= 11 is 1.02. The Balaban J connectivity index is 2.02. The van der Waals surface area contributed by atoms with Crippen LogP contribution in [-0.4, -0.2) is 11.8 Å². The molecule has 1 aliphatic rings. The molecular formula is C20H19F5N2O2S. The number of nitrogens with two attached hydrogens (primary N) is 1. The van der Waals surface area contributed by atoms with Gasteiger partial charge in [-0.05, 0) is 36.2 Å². The van der Waals surface area contributed by atoms with E-state index in [1.165, 1.54) is 0 Å². The van der Waals surface area contributed by atoms with Crippen molar-refractivity contribution in [2.24, 2.45) is 17.1 Å². The molecule has 1 heterocycles. The van der Waals surface area contributed by atoms with Crippen LogP contribution in [0.25, 0.3) is 0 Å². The molecule has 0 fully saturated rings. The molecule has 2 amide bonds. The molecule has 1 aromatic carbocycles. The van der Waals surface area contributed by atoms with Gasteiger partial charge in [-0.2, -0.15) is 0 Å². The summed E-state index contributed by atoms with van der Waals surface area (Å²) in [4.78, 5) is 25.2. The third-order valence-electron chi connectivity index (χ3n) is 5.40. The summed E-state index contributed by atoms with van der Waals surface area (Å²) in [5.74, 6) is -13.4. The minimum Gasteiger partial charge on any atom is -0.365 e. The van der Waals surface area contributed by atoms with Crippen LogP contribution in [0.1, 0.15) is 58.3 Å². The molecule has 0 spiro atoms. The third-order valence-corrected chi connectivity index (χ3v) is 6.57. The molecular weight excluding hydrogens is 427 g/mol. The maximum atomic E-state index is 14.0. The van der Waals surface area contributed by atoms with E-state index >= 15 is 0 Å². The number of primary amides is 1. The number of halogens is 5. The molecule has 0 saturated carbocycles. The Morgan fingerprint density at radius 3 is 2.00 bits per heavy atom. The van der Waals surface area contributed by atoms with Crippen molar-refractivity contribution in [1.82, 2.24) is 0 Å². The second kappa shape index (κ2) is 7.64. The number of benzene rings is 1. The van der Waals surface area contributed by atoms with Crippen molar-refractivity contribution in [3.8, 4) is 0 Å². The number of amides is 2. The quantitative estimate of drug-likeness (QED) is 0.398. The van der Waals surface area contributed by atoms with E-state index in [2.05, 4.69) is 26.1 Å². The average molecular weight is 446 g/mol. The normalized spacial score (nSPS) is 16.3. The topological polar surface area (TPSA) is 72.2 Å². The molecule has 3 N–H and O–H groups in total. The lowest BCUT2D eigenvalue weighted by Crippen LogP contribution is -2.27. The first-order chi connectivity index (χ1) is 13.8. The molecule has 2 aromatic rings. The van der Waals surface area contributed by atoms with Gasteiger partial charge in [0.2, 0.25) is 5.82 Å². The van der Waals surface area contributed by atoms with Gasteiger partial charge in [0.15, 0.2) is 23.3 Å². The Labute approximate surface area is 173 Å². The summed E-state index contributed by atoms with van der Waals surface area (Å²) in [6.45, 7) is 6.24. The SMILES string of the molecule is CC(C)(C)C1CCc2c(sc(NC(=O)c3c(F)c(F)c(F)c(F)c3F)c2C(N)=O)C1. The zero-order chi connectivity index (χ0) is 22.5. The zero-order valence-corrected chi connectivity index (χ0v) is 17.2. The second-order valence-electron chi connectivity index (χ2n) is 8.28. The first kappa shape index (κ1) is 22.2. The molecule has 0 saturated heterocycles. The van der Waals surface area contributed by atoms with Crippen molar-refractivity contribution in [1.29, 1.82) is 0 Å². The number of anilines is 1. The van der Waals surface area contributed by atoms with E-state index in [4.69, 9.17) is 5.73 Å². The van der Waals surface area contributed by atoms with E-state index < -0.39 is 46.5 Å². The number of nitrogens with one attached hydrogen (secondary N) is 1. The van der Waals surface area contributed by atoms with Gasteiger partial charge in [0.05, 0.1) is 5.56 Å². The number of carbonyl (C=O) groups excluding carboxylic acids is 2. The standard InChI is InChI=1S/C20H19F5N2O2S/c1-20(2,3)7-4-5-8-9(6-7)30-19(10(8)17(26)28)27-18(29)11-12(21)14(23)16(25)15(24)13(11)22/h7H,4-6H2,1-3H3,(H2,26,28)(H,27,29). The number of carbonyl (C=O) groups is 2. The molecule has 1 unspecified atom stereocenters. The number of rotatable bonds is 3. The van der Waals surface area contributed by atoms with Crippen LogP contribution in [0.3, 0.4) is 0 Å². The first-order valence-electron chi connectivity index (χ1n) is 9.11. The summed E-state index contributed by atoms with van der Waals surface area (Å²) in [7, 11) is 0. The monoisotopic (exact) mass is 446 g/mol.